The molecule has 7 heteroatoms. The van der Waals surface area contributed by atoms with E-state index in [4.69, 9.17) is 15.7 Å². The number of amides is 1. The van der Waals surface area contributed by atoms with Crippen molar-refractivity contribution in [3.63, 3.8) is 0 Å². The summed E-state index contributed by atoms with van der Waals surface area (Å²) in [5.74, 6) is -0.301. The summed E-state index contributed by atoms with van der Waals surface area (Å²) in [6, 6.07) is 2.07. The van der Waals surface area contributed by atoms with Crippen molar-refractivity contribution in [2.24, 2.45) is 0 Å². The molecule has 0 saturated heterocycles. The van der Waals surface area contributed by atoms with Crippen LogP contribution in [0.15, 0.2) is 0 Å². The van der Waals surface area contributed by atoms with Crippen LogP contribution in [-0.2, 0) is 4.74 Å². The normalized spacial score (nSPS) is 11.7. The summed E-state index contributed by atoms with van der Waals surface area (Å²) in [5, 5.41) is 15.4. The van der Waals surface area contributed by atoms with Crippen molar-refractivity contribution in [1.29, 1.82) is 5.26 Å². The Balaban J connectivity index is 3.12. The fourth-order valence-corrected chi connectivity index (χ4v) is 2.62. The molecule has 1 rings (SSSR count). The Labute approximate surface area is 116 Å². The smallest absolute Gasteiger partial charge is 0.256 e. The standard InChI is InChI=1S/C12H18N4O2S/c1-4-7(6-18-3)16-12-9(11(17)15-2)10(14)8(5-13)19-12/h7,16H,4,6,14H2,1-3H3,(H,15,17). The Kier molecular flexibility index (Phi) is 5.60. The third-order valence-corrected chi connectivity index (χ3v) is 3.74. The lowest BCUT2D eigenvalue weighted by molar-refractivity contribution is 0.0965. The molecule has 0 radical (unpaired) electrons. The Morgan fingerprint density at radius 1 is 1.63 bits per heavy atom. The highest BCUT2D eigenvalue weighted by molar-refractivity contribution is 7.17. The number of methoxy groups -OCH3 is 1. The Hall–Kier alpha value is -1.78. The molecule has 0 bridgehead atoms. The summed E-state index contributed by atoms with van der Waals surface area (Å²) in [6.07, 6.45) is 0.834. The molecule has 1 heterocycles. The Bertz CT molecular complexity index is 493. The van der Waals surface area contributed by atoms with Crippen molar-refractivity contribution >= 4 is 27.9 Å². The van der Waals surface area contributed by atoms with Gasteiger partial charge in [0.05, 0.1) is 17.9 Å². The largest absolute Gasteiger partial charge is 0.396 e. The van der Waals surface area contributed by atoms with Crippen molar-refractivity contribution in [3.05, 3.63) is 10.4 Å². The van der Waals surface area contributed by atoms with Gasteiger partial charge in [-0.25, -0.2) is 0 Å². The molecular formula is C12H18N4O2S. The summed E-state index contributed by atoms with van der Waals surface area (Å²) in [4.78, 5) is 12.2. The highest BCUT2D eigenvalue weighted by atomic mass is 32.1. The lowest BCUT2D eigenvalue weighted by Gasteiger charge is -2.17. The van der Waals surface area contributed by atoms with Crippen LogP contribution in [0, 0.1) is 11.3 Å². The van der Waals surface area contributed by atoms with Crippen LogP contribution < -0.4 is 16.4 Å². The molecule has 0 aromatic carbocycles. The molecule has 104 valence electrons. The SMILES string of the molecule is CCC(COC)Nc1sc(C#N)c(N)c1C(=O)NC. The molecule has 0 saturated carbocycles. The van der Waals surface area contributed by atoms with Crippen LogP contribution in [0.2, 0.25) is 0 Å². The van der Waals surface area contributed by atoms with Crippen LogP contribution in [0.3, 0.4) is 0 Å². The third kappa shape index (κ3) is 3.36. The van der Waals surface area contributed by atoms with E-state index >= 15 is 0 Å². The number of nitrogens with two attached hydrogens (primary N) is 1. The Morgan fingerprint density at radius 3 is 2.79 bits per heavy atom. The first kappa shape index (κ1) is 15.3. The molecular weight excluding hydrogens is 264 g/mol. The van der Waals surface area contributed by atoms with E-state index in [1.807, 2.05) is 13.0 Å². The second-order valence-electron chi connectivity index (χ2n) is 3.94. The molecule has 0 aliphatic carbocycles. The minimum Gasteiger partial charge on any atom is -0.396 e. The number of carbonyl (C=O) groups is 1. The second-order valence-corrected chi connectivity index (χ2v) is 4.97. The number of ether oxygens (including phenoxy) is 1. The Morgan fingerprint density at radius 2 is 2.32 bits per heavy atom. The zero-order valence-corrected chi connectivity index (χ0v) is 12.1. The van der Waals surface area contributed by atoms with Crippen LogP contribution in [-0.4, -0.2) is 32.7 Å². The zero-order chi connectivity index (χ0) is 14.4. The first-order valence-electron chi connectivity index (χ1n) is 5.88. The van der Waals surface area contributed by atoms with Gasteiger partial charge in [-0.2, -0.15) is 5.26 Å². The molecule has 0 aliphatic rings. The number of rotatable bonds is 6. The predicted molar refractivity (Wildman–Crippen MR) is 76.4 cm³/mol. The van der Waals surface area contributed by atoms with E-state index in [1.165, 1.54) is 18.4 Å². The highest BCUT2D eigenvalue weighted by Crippen LogP contribution is 2.35. The molecule has 1 aromatic heterocycles. The maximum Gasteiger partial charge on any atom is 0.256 e. The zero-order valence-electron chi connectivity index (χ0n) is 11.2. The summed E-state index contributed by atoms with van der Waals surface area (Å²) in [7, 11) is 3.15. The van der Waals surface area contributed by atoms with Gasteiger partial charge in [-0.15, -0.1) is 11.3 Å². The number of nitrogens with one attached hydrogen (secondary N) is 2. The van der Waals surface area contributed by atoms with Crippen molar-refractivity contribution < 1.29 is 9.53 Å². The van der Waals surface area contributed by atoms with E-state index in [0.29, 0.717) is 22.0 Å². The molecule has 1 aromatic rings. The van der Waals surface area contributed by atoms with Crippen molar-refractivity contribution in [2.75, 3.05) is 31.8 Å². The van der Waals surface area contributed by atoms with Crippen LogP contribution >= 0.6 is 11.3 Å². The highest BCUT2D eigenvalue weighted by Gasteiger charge is 2.22. The van der Waals surface area contributed by atoms with E-state index in [2.05, 4.69) is 10.6 Å². The lowest BCUT2D eigenvalue weighted by atomic mass is 10.2. The molecule has 0 spiro atoms. The van der Waals surface area contributed by atoms with Gasteiger partial charge in [0.1, 0.15) is 15.9 Å². The van der Waals surface area contributed by atoms with Gasteiger partial charge in [0.2, 0.25) is 0 Å². The molecule has 0 fully saturated rings. The van der Waals surface area contributed by atoms with Gasteiger partial charge >= 0.3 is 0 Å². The maximum absolute atomic E-state index is 11.8. The summed E-state index contributed by atoms with van der Waals surface area (Å²) in [5.41, 5.74) is 6.39. The number of hydrogen-bond acceptors (Lipinski definition) is 6. The average molecular weight is 282 g/mol. The third-order valence-electron chi connectivity index (χ3n) is 2.70. The molecule has 1 atom stereocenters. The first-order chi connectivity index (χ1) is 9.08. The maximum atomic E-state index is 11.8. The van der Waals surface area contributed by atoms with E-state index in [0.717, 1.165) is 6.42 Å². The van der Waals surface area contributed by atoms with Gasteiger partial charge in [-0.3, -0.25) is 4.79 Å². The van der Waals surface area contributed by atoms with Crippen LogP contribution in [0.4, 0.5) is 10.7 Å². The number of thiophene rings is 1. The van der Waals surface area contributed by atoms with Gasteiger partial charge in [0.15, 0.2) is 0 Å². The molecule has 19 heavy (non-hydrogen) atoms. The van der Waals surface area contributed by atoms with Gasteiger partial charge in [0.25, 0.3) is 5.91 Å². The number of carbonyl (C=O) groups excluding carboxylic acids is 1. The topological polar surface area (TPSA) is 100 Å². The minimum absolute atomic E-state index is 0.0676. The lowest BCUT2D eigenvalue weighted by Crippen LogP contribution is -2.26. The number of anilines is 2. The quantitative estimate of drug-likeness (QED) is 0.732. The van der Waals surface area contributed by atoms with Crippen LogP contribution in [0.1, 0.15) is 28.6 Å². The fraction of sp³-hybridized carbons (Fsp3) is 0.500. The molecule has 4 N–H and O–H groups in total. The number of nitrogens with zero attached hydrogens (tertiary/aromatic N) is 1. The van der Waals surface area contributed by atoms with Crippen LogP contribution in [0.25, 0.3) is 0 Å². The van der Waals surface area contributed by atoms with E-state index in [1.54, 1.807) is 7.11 Å². The molecule has 1 amide bonds. The first-order valence-corrected chi connectivity index (χ1v) is 6.70. The number of hydrogen-bond donors (Lipinski definition) is 3. The van der Waals surface area contributed by atoms with Gasteiger partial charge < -0.3 is 21.1 Å². The van der Waals surface area contributed by atoms with Gasteiger partial charge in [-0.05, 0) is 6.42 Å². The van der Waals surface area contributed by atoms with E-state index in [9.17, 15) is 4.79 Å². The van der Waals surface area contributed by atoms with Crippen LogP contribution in [0.5, 0.6) is 0 Å². The summed E-state index contributed by atoms with van der Waals surface area (Å²) < 4.78 is 5.10. The summed E-state index contributed by atoms with van der Waals surface area (Å²) >= 11 is 1.19. The van der Waals surface area contributed by atoms with E-state index in [-0.39, 0.29) is 17.6 Å². The molecule has 0 aliphatic heterocycles. The molecule has 6 nitrogen and oxygen atoms in total. The minimum atomic E-state index is -0.301. The van der Waals surface area contributed by atoms with Crippen molar-refractivity contribution in [2.45, 2.75) is 19.4 Å². The predicted octanol–water partition coefficient (Wildman–Crippen LogP) is 1.40. The van der Waals surface area contributed by atoms with Gasteiger partial charge in [-0.1, -0.05) is 6.92 Å². The van der Waals surface area contributed by atoms with Crippen molar-refractivity contribution in [3.8, 4) is 6.07 Å². The number of nitriles is 1. The average Bonchev–Trinajstić information content (AvgIpc) is 2.73. The van der Waals surface area contributed by atoms with Crippen molar-refractivity contribution in [1.82, 2.24) is 5.32 Å². The second kappa shape index (κ2) is 6.97. The molecule has 1 unspecified atom stereocenters. The number of nitrogen functional groups attached to an aromatic ring is 1. The summed E-state index contributed by atoms with van der Waals surface area (Å²) in [6.45, 7) is 2.53. The van der Waals surface area contributed by atoms with Gasteiger partial charge in [0, 0.05) is 20.2 Å². The van der Waals surface area contributed by atoms with E-state index < -0.39 is 0 Å². The monoisotopic (exact) mass is 282 g/mol. The fourth-order valence-electron chi connectivity index (χ4n) is 1.63.